The normalized spacial score (nSPS) is 15.1. The van der Waals surface area contributed by atoms with Gasteiger partial charge in [0.15, 0.2) is 0 Å². The molecule has 0 radical (unpaired) electrons. The van der Waals surface area contributed by atoms with Gasteiger partial charge in [-0.2, -0.15) is 0 Å². The van der Waals surface area contributed by atoms with Crippen molar-refractivity contribution in [1.29, 1.82) is 0 Å². The Bertz CT molecular complexity index is 1320. The highest BCUT2D eigenvalue weighted by molar-refractivity contribution is 7.92. The molecule has 1 atom stereocenters. The smallest absolute Gasteiger partial charge is 0.261 e. The highest BCUT2D eigenvalue weighted by atomic mass is 32.2. The number of aryl methyl sites for hydroxylation is 1. The number of hydrogen-bond acceptors (Lipinski definition) is 6. The number of carbonyl (C=O) groups excluding carboxylic acids is 1. The fourth-order valence-corrected chi connectivity index (χ4v) is 5.44. The summed E-state index contributed by atoms with van der Waals surface area (Å²) in [7, 11) is -2.16. The Hall–Kier alpha value is -3.40. The van der Waals surface area contributed by atoms with Crippen molar-refractivity contribution < 1.29 is 22.7 Å². The summed E-state index contributed by atoms with van der Waals surface area (Å²) in [6, 6.07) is 19.2. The van der Waals surface area contributed by atoms with Gasteiger partial charge in [-0.15, -0.1) is 0 Å². The van der Waals surface area contributed by atoms with E-state index in [4.69, 9.17) is 9.47 Å². The minimum Gasteiger partial charge on any atom is -0.497 e. The van der Waals surface area contributed by atoms with Crippen LogP contribution < -0.4 is 14.8 Å². The second-order valence-corrected chi connectivity index (χ2v) is 10.7. The van der Waals surface area contributed by atoms with E-state index in [0.29, 0.717) is 31.0 Å². The number of sulfonamides is 1. The van der Waals surface area contributed by atoms with Crippen molar-refractivity contribution in [3.63, 3.8) is 0 Å². The predicted molar refractivity (Wildman–Crippen MR) is 144 cm³/mol. The van der Waals surface area contributed by atoms with Gasteiger partial charge in [-0.1, -0.05) is 24.3 Å². The lowest BCUT2D eigenvalue weighted by molar-refractivity contribution is 0.0162. The second-order valence-electron chi connectivity index (χ2n) is 9.02. The monoisotopic (exact) mass is 523 g/mol. The number of carbonyl (C=O) groups is 1. The van der Waals surface area contributed by atoms with E-state index in [1.807, 2.05) is 50.2 Å². The van der Waals surface area contributed by atoms with E-state index in [9.17, 15) is 13.2 Å². The van der Waals surface area contributed by atoms with Gasteiger partial charge in [0.1, 0.15) is 5.75 Å². The topological polar surface area (TPSA) is 97.0 Å². The van der Waals surface area contributed by atoms with Crippen LogP contribution >= 0.6 is 0 Å². The minimum atomic E-state index is -3.79. The fourth-order valence-electron chi connectivity index (χ4n) is 4.32. The molecule has 1 heterocycles. The molecule has 0 aromatic heterocycles. The summed E-state index contributed by atoms with van der Waals surface area (Å²) in [4.78, 5) is 15.3. The van der Waals surface area contributed by atoms with Gasteiger partial charge in [0.05, 0.1) is 36.9 Å². The molecule has 2 N–H and O–H groups in total. The third kappa shape index (κ3) is 6.49. The summed E-state index contributed by atoms with van der Waals surface area (Å²) in [5.74, 6) is 0.508. The Morgan fingerprint density at radius 3 is 2.32 bits per heavy atom. The van der Waals surface area contributed by atoms with Crippen LogP contribution in [0.3, 0.4) is 0 Å². The number of nitrogens with zero attached hydrogens (tertiary/aromatic N) is 1. The Morgan fingerprint density at radius 1 is 1.00 bits per heavy atom. The Morgan fingerprint density at radius 2 is 1.68 bits per heavy atom. The molecule has 3 aromatic rings. The lowest BCUT2D eigenvalue weighted by atomic mass is 10.0. The van der Waals surface area contributed by atoms with Gasteiger partial charge in [-0.25, -0.2) is 8.42 Å². The molecule has 0 saturated carbocycles. The molecule has 0 aliphatic carbocycles. The minimum absolute atomic E-state index is 0.0276. The van der Waals surface area contributed by atoms with Crippen LogP contribution in [0.1, 0.15) is 33.1 Å². The van der Waals surface area contributed by atoms with Crippen LogP contribution in [0.5, 0.6) is 5.75 Å². The van der Waals surface area contributed by atoms with Crippen molar-refractivity contribution >= 4 is 21.6 Å². The lowest BCUT2D eigenvalue weighted by Gasteiger charge is -2.35. The summed E-state index contributed by atoms with van der Waals surface area (Å²) in [6.45, 7) is 7.04. The Labute approximate surface area is 218 Å². The molecule has 4 rings (SSSR count). The van der Waals surface area contributed by atoms with Crippen LogP contribution in [0.15, 0.2) is 71.6 Å². The molecular weight excluding hydrogens is 490 g/mol. The first-order chi connectivity index (χ1) is 17.8. The summed E-state index contributed by atoms with van der Waals surface area (Å²) < 4.78 is 39.2. The molecule has 1 aliphatic rings. The maximum Gasteiger partial charge on any atom is 0.261 e. The van der Waals surface area contributed by atoms with Gasteiger partial charge >= 0.3 is 0 Å². The number of nitrogens with one attached hydrogen (secondary N) is 2. The third-order valence-electron chi connectivity index (χ3n) is 6.72. The number of morpholine rings is 1. The highest BCUT2D eigenvalue weighted by Crippen LogP contribution is 2.25. The number of anilines is 1. The van der Waals surface area contributed by atoms with Gasteiger partial charge in [0.25, 0.3) is 15.9 Å². The lowest BCUT2D eigenvalue weighted by Crippen LogP contribution is -2.43. The predicted octanol–water partition coefficient (Wildman–Crippen LogP) is 3.92. The van der Waals surface area contributed by atoms with Crippen molar-refractivity contribution in [2.75, 3.05) is 44.7 Å². The van der Waals surface area contributed by atoms with E-state index in [-0.39, 0.29) is 16.8 Å². The van der Waals surface area contributed by atoms with Crippen LogP contribution in [0.2, 0.25) is 0 Å². The van der Waals surface area contributed by atoms with Crippen LogP contribution in [0.4, 0.5) is 5.69 Å². The molecule has 0 unspecified atom stereocenters. The first kappa shape index (κ1) is 26.7. The summed E-state index contributed by atoms with van der Waals surface area (Å²) in [5, 5.41) is 3.02. The van der Waals surface area contributed by atoms with E-state index in [2.05, 4.69) is 14.9 Å². The average Bonchev–Trinajstić information content (AvgIpc) is 2.92. The zero-order valence-electron chi connectivity index (χ0n) is 21.4. The summed E-state index contributed by atoms with van der Waals surface area (Å²) >= 11 is 0. The van der Waals surface area contributed by atoms with Gasteiger partial charge < -0.3 is 14.8 Å². The highest BCUT2D eigenvalue weighted by Gasteiger charge is 2.24. The first-order valence-corrected chi connectivity index (χ1v) is 13.7. The van der Waals surface area contributed by atoms with Gasteiger partial charge in [-0.05, 0) is 73.0 Å². The number of hydrogen-bond donors (Lipinski definition) is 2. The maximum atomic E-state index is 13.0. The standard InChI is InChI=1S/C28H33N3O5S/c1-20-5-4-6-26(21(20)2)30-37(33,34)25-13-9-23(10-14-25)28(32)29-19-27(31-15-17-36-18-16-31)22-7-11-24(35-3)12-8-22/h4-14,27,30H,15-19H2,1-3H3,(H,29,32)/t27-/m0/s1. The molecule has 1 fully saturated rings. The molecule has 196 valence electrons. The largest absolute Gasteiger partial charge is 0.497 e. The molecular formula is C28H33N3O5S. The SMILES string of the molecule is COc1ccc([C@H](CNC(=O)c2ccc(S(=O)(=O)Nc3cccc(C)c3C)cc2)N2CCOCC2)cc1. The van der Waals surface area contributed by atoms with Crippen LogP contribution in [-0.2, 0) is 14.8 Å². The van der Waals surface area contributed by atoms with Crippen LogP contribution in [0, 0.1) is 13.8 Å². The molecule has 1 saturated heterocycles. The zero-order chi connectivity index (χ0) is 26.4. The van der Waals surface area contributed by atoms with Crippen molar-refractivity contribution in [2.24, 2.45) is 0 Å². The van der Waals surface area contributed by atoms with Crippen LogP contribution in [0.25, 0.3) is 0 Å². The Balaban J connectivity index is 1.44. The average molecular weight is 524 g/mol. The first-order valence-electron chi connectivity index (χ1n) is 12.2. The molecule has 8 nitrogen and oxygen atoms in total. The molecule has 0 bridgehead atoms. The van der Waals surface area contributed by atoms with E-state index in [1.165, 1.54) is 24.3 Å². The van der Waals surface area contributed by atoms with Gasteiger partial charge in [-0.3, -0.25) is 14.4 Å². The number of methoxy groups -OCH3 is 1. The van der Waals surface area contributed by atoms with Crippen molar-refractivity contribution in [3.8, 4) is 5.75 Å². The fraction of sp³-hybridized carbons (Fsp3) is 0.321. The van der Waals surface area contributed by atoms with E-state index in [1.54, 1.807) is 13.2 Å². The molecule has 37 heavy (non-hydrogen) atoms. The summed E-state index contributed by atoms with van der Waals surface area (Å²) in [6.07, 6.45) is 0. The quantitative estimate of drug-likeness (QED) is 0.441. The number of rotatable bonds is 9. The van der Waals surface area contributed by atoms with E-state index >= 15 is 0 Å². The number of ether oxygens (including phenoxy) is 2. The third-order valence-corrected chi connectivity index (χ3v) is 8.10. The molecule has 1 amide bonds. The second kappa shape index (κ2) is 11.8. The summed E-state index contributed by atoms with van der Waals surface area (Å²) in [5.41, 5.74) is 3.86. The molecule has 1 aliphatic heterocycles. The van der Waals surface area contributed by atoms with E-state index in [0.717, 1.165) is 35.5 Å². The van der Waals surface area contributed by atoms with Crippen molar-refractivity contribution in [2.45, 2.75) is 24.8 Å². The van der Waals surface area contributed by atoms with Crippen LogP contribution in [-0.4, -0.2) is 59.2 Å². The maximum absolute atomic E-state index is 13.0. The molecule has 9 heteroatoms. The Kier molecular flexibility index (Phi) is 8.48. The van der Waals surface area contributed by atoms with Crippen molar-refractivity contribution in [3.05, 3.63) is 89.0 Å². The number of amides is 1. The molecule has 3 aromatic carbocycles. The molecule has 0 spiro atoms. The number of benzene rings is 3. The van der Waals surface area contributed by atoms with Gasteiger partial charge in [0, 0.05) is 25.2 Å². The van der Waals surface area contributed by atoms with Crippen molar-refractivity contribution in [1.82, 2.24) is 10.2 Å². The van der Waals surface area contributed by atoms with E-state index < -0.39 is 10.0 Å². The van der Waals surface area contributed by atoms with Gasteiger partial charge in [0.2, 0.25) is 0 Å². The zero-order valence-corrected chi connectivity index (χ0v) is 22.2.